The first-order chi connectivity index (χ1) is 9.69. The zero-order valence-electron chi connectivity index (χ0n) is 12.3. The lowest BCUT2D eigenvalue weighted by Gasteiger charge is -1.99. The highest BCUT2D eigenvalue weighted by Crippen LogP contribution is 2.08. The van der Waals surface area contributed by atoms with Gasteiger partial charge in [-0.2, -0.15) is 5.26 Å². The molecule has 3 heteroatoms. The molecular weight excluding hydrogens is 246 g/mol. The largest absolute Gasteiger partial charge is 0.388 e. The van der Waals surface area contributed by atoms with Gasteiger partial charge >= 0.3 is 0 Å². The highest BCUT2D eigenvalue weighted by Gasteiger charge is 1.90. The number of nitrogens with zero attached hydrogens (tertiary/aromatic N) is 1. The molecule has 0 amide bonds. The molecule has 104 valence electrons. The van der Waals surface area contributed by atoms with E-state index < -0.39 is 0 Å². The van der Waals surface area contributed by atoms with Crippen molar-refractivity contribution in [2.75, 3.05) is 24.7 Å². The molecule has 0 aliphatic heterocycles. The van der Waals surface area contributed by atoms with Gasteiger partial charge in [0.25, 0.3) is 0 Å². The summed E-state index contributed by atoms with van der Waals surface area (Å²) in [6.07, 6.45) is 0.490. The lowest BCUT2D eigenvalue weighted by Crippen LogP contribution is -1.87. The molecule has 0 aliphatic rings. The molecule has 0 spiro atoms. The lowest BCUT2D eigenvalue weighted by atomic mass is 10.1. The summed E-state index contributed by atoms with van der Waals surface area (Å²) in [4.78, 5) is 0. The van der Waals surface area contributed by atoms with Gasteiger partial charge in [-0.05, 0) is 36.8 Å². The van der Waals surface area contributed by atoms with Crippen molar-refractivity contribution in [2.24, 2.45) is 0 Å². The first-order valence-corrected chi connectivity index (χ1v) is 6.57. The van der Waals surface area contributed by atoms with Crippen molar-refractivity contribution in [3.63, 3.8) is 0 Å². The zero-order valence-corrected chi connectivity index (χ0v) is 12.3. The zero-order chi connectivity index (χ0) is 14.8. The number of anilines is 2. The van der Waals surface area contributed by atoms with E-state index in [0.29, 0.717) is 6.42 Å². The van der Waals surface area contributed by atoms with Crippen molar-refractivity contribution in [2.45, 2.75) is 13.3 Å². The van der Waals surface area contributed by atoms with Gasteiger partial charge in [-0.25, -0.2) is 0 Å². The molecule has 20 heavy (non-hydrogen) atoms. The smallest absolute Gasteiger partial charge is 0.0669 e. The molecule has 2 rings (SSSR count). The van der Waals surface area contributed by atoms with E-state index >= 15 is 0 Å². The van der Waals surface area contributed by atoms with Gasteiger partial charge in [0.15, 0.2) is 0 Å². The molecule has 0 saturated heterocycles. The average Bonchev–Trinajstić information content (AvgIpc) is 2.50. The standard InChI is InChI=1S/C9H10N2.C8H11N/c1-11-9-4-2-8(3-5-9)6-7-10;1-7-3-5-8(9-2)6-4-7/h2-5,11H,6H2,1H3;3-6,9H,1-2H3. The van der Waals surface area contributed by atoms with Crippen molar-refractivity contribution >= 4 is 11.4 Å². The minimum absolute atomic E-state index is 0.490. The van der Waals surface area contributed by atoms with E-state index in [-0.39, 0.29) is 0 Å². The molecule has 0 aromatic heterocycles. The Balaban J connectivity index is 0.000000204. The molecule has 0 fully saturated rings. The van der Waals surface area contributed by atoms with Crippen LogP contribution in [0.15, 0.2) is 48.5 Å². The lowest BCUT2D eigenvalue weighted by molar-refractivity contribution is 1.26. The highest BCUT2D eigenvalue weighted by atomic mass is 14.8. The summed E-state index contributed by atoms with van der Waals surface area (Å²) in [5, 5.41) is 14.4. The third-order valence-corrected chi connectivity index (χ3v) is 2.87. The van der Waals surface area contributed by atoms with Crippen LogP contribution in [0.3, 0.4) is 0 Å². The van der Waals surface area contributed by atoms with E-state index in [1.807, 2.05) is 38.4 Å². The van der Waals surface area contributed by atoms with Crippen LogP contribution in [0.5, 0.6) is 0 Å². The molecule has 2 aromatic carbocycles. The van der Waals surface area contributed by atoms with E-state index in [0.717, 1.165) is 11.3 Å². The van der Waals surface area contributed by atoms with E-state index in [2.05, 4.69) is 47.9 Å². The molecule has 3 nitrogen and oxygen atoms in total. The SMILES string of the molecule is CNc1ccc(C)cc1.CNc1ccc(CC#N)cc1. The predicted octanol–water partition coefficient (Wildman–Crippen LogP) is 3.83. The van der Waals surface area contributed by atoms with E-state index in [9.17, 15) is 0 Å². The average molecular weight is 267 g/mol. The quantitative estimate of drug-likeness (QED) is 0.888. The van der Waals surface area contributed by atoms with Crippen LogP contribution in [0.2, 0.25) is 0 Å². The maximum absolute atomic E-state index is 8.38. The van der Waals surface area contributed by atoms with Gasteiger partial charge in [-0.3, -0.25) is 0 Å². The first kappa shape index (κ1) is 15.6. The van der Waals surface area contributed by atoms with Crippen molar-refractivity contribution in [3.05, 3.63) is 59.7 Å². The van der Waals surface area contributed by atoms with Crippen LogP contribution in [0.1, 0.15) is 11.1 Å². The van der Waals surface area contributed by atoms with E-state index in [1.165, 1.54) is 11.3 Å². The third-order valence-electron chi connectivity index (χ3n) is 2.87. The summed E-state index contributed by atoms with van der Waals surface area (Å²) < 4.78 is 0. The fraction of sp³-hybridized carbons (Fsp3) is 0.235. The van der Waals surface area contributed by atoms with E-state index in [4.69, 9.17) is 5.26 Å². The van der Waals surface area contributed by atoms with Crippen LogP contribution in [0.25, 0.3) is 0 Å². The normalized spacial score (nSPS) is 8.90. The van der Waals surface area contributed by atoms with Crippen LogP contribution in [0.4, 0.5) is 11.4 Å². The second-order valence-corrected chi connectivity index (χ2v) is 4.40. The molecule has 2 N–H and O–H groups in total. The number of nitriles is 1. The first-order valence-electron chi connectivity index (χ1n) is 6.57. The summed E-state index contributed by atoms with van der Waals surface area (Å²) >= 11 is 0. The third kappa shape index (κ3) is 5.45. The number of hydrogen-bond acceptors (Lipinski definition) is 3. The van der Waals surface area contributed by atoms with Gasteiger partial charge in [0, 0.05) is 25.5 Å². The Morgan fingerprint density at radius 2 is 1.30 bits per heavy atom. The van der Waals surface area contributed by atoms with Crippen molar-refractivity contribution in [1.82, 2.24) is 0 Å². The van der Waals surface area contributed by atoms with E-state index in [1.54, 1.807) is 0 Å². The molecule has 0 bridgehead atoms. The monoisotopic (exact) mass is 267 g/mol. The minimum atomic E-state index is 0.490. The maximum atomic E-state index is 8.38. The number of nitrogens with one attached hydrogen (secondary N) is 2. The summed E-state index contributed by atoms with van der Waals surface area (Å²) in [6, 6.07) is 18.2. The second kappa shape index (κ2) is 8.60. The van der Waals surface area contributed by atoms with Crippen LogP contribution in [-0.2, 0) is 6.42 Å². The highest BCUT2D eigenvalue weighted by molar-refractivity contribution is 5.44. The Labute approximate surface area is 121 Å². The molecule has 0 radical (unpaired) electrons. The van der Waals surface area contributed by atoms with Gasteiger partial charge in [0.05, 0.1) is 12.5 Å². The van der Waals surface area contributed by atoms with Gasteiger partial charge < -0.3 is 10.6 Å². The van der Waals surface area contributed by atoms with Crippen LogP contribution < -0.4 is 10.6 Å². The van der Waals surface area contributed by atoms with Gasteiger partial charge in [-0.1, -0.05) is 29.8 Å². The number of rotatable bonds is 3. The van der Waals surface area contributed by atoms with Crippen molar-refractivity contribution in [3.8, 4) is 6.07 Å². The molecule has 0 saturated carbocycles. The summed E-state index contributed by atoms with van der Waals surface area (Å²) in [6.45, 7) is 2.08. The maximum Gasteiger partial charge on any atom is 0.0669 e. The van der Waals surface area contributed by atoms with Crippen LogP contribution >= 0.6 is 0 Å². The molecule has 2 aromatic rings. The topological polar surface area (TPSA) is 47.8 Å². The predicted molar refractivity (Wildman–Crippen MR) is 86.0 cm³/mol. The van der Waals surface area contributed by atoms with Crippen LogP contribution in [0, 0.1) is 18.3 Å². The molecule has 0 heterocycles. The summed E-state index contributed by atoms with van der Waals surface area (Å²) in [5.41, 5.74) is 4.60. The Hall–Kier alpha value is -2.47. The number of benzene rings is 2. The van der Waals surface area contributed by atoms with Crippen molar-refractivity contribution in [1.29, 1.82) is 5.26 Å². The molecule has 0 aliphatic carbocycles. The molecular formula is C17H21N3. The number of aryl methyl sites for hydroxylation is 1. The summed E-state index contributed by atoms with van der Waals surface area (Å²) in [7, 11) is 3.80. The van der Waals surface area contributed by atoms with Gasteiger partial charge in [0.2, 0.25) is 0 Å². The summed E-state index contributed by atoms with van der Waals surface area (Å²) in [5.74, 6) is 0. The fourth-order valence-electron chi connectivity index (χ4n) is 1.60. The Kier molecular flexibility index (Phi) is 6.70. The minimum Gasteiger partial charge on any atom is -0.388 e. The van der Waals surface area contributed by atoms with Crippen molar-refractivity contribution < 1.29 is 0 Å². The molecule has 0 atom stereocenters. The second-order valence-electron chi connectivity index (χ2n) is 4.40. The van der Waals surface area contributed by atoms with Gasteiger partial charge in [-0.15, -0.1) is 0 Å². The van der Waals surface area contributed by atoms with Gasteiger partial charge in [0.1, 0.15) is 0 Å². The Morgan fingerprint density at radius 3 is 1.70 bits per heavy atom. The number of hydrogen-bond donors (Lipinski definition) is 2. The Morgan fingerprint density at radius 1 is 0.850 bits per heavy atom. The Bertz CT molecular complexity index is 536. The fourth-order valence-corrected chi connectivity index (χ4v) is 1.60. The molecule has 0 unspecified atom stereocenters. The van der Waals surface area contributed by atoms with Crippen LogP contribution in [-0.4, -0.2) is 14.1 Å².